The van der Waals surface area contributed by atoms with E-state index in [1.807, 2.05) is 0 Å². The van der Waals surface area contributed by atoms with Crippen LogP contribution < -0.4 is 0 Å². The molecule has 2 N–H and O–H groups in total. The normalized spacial score (nSPS) is 71.0. The van der Waals surface area contributed by atoms with Crippen LogP contribution in [-0.2, 0) is 0 Å². The molecule has 0 heterocycles. The third-order valence-corrected chi connectivity index (χ3v) is 7.15. The van der Waals surface area contributed by atoms with Crippen LogP contribution in [-0.4, -0.2) is 22.4 Å². The molecule has 0 bridgehead atoms. The van der Waals surface area contributed by atoms with Crippen LogP contribution in [0.25, 0.3) is 0 Å². The first kappa shape index (κ1) is 9.15. The molecule has 0 aliphatic heterocycles. The lowest BCUT2D eigenvalue weighted by Crippen LogP contribution is -2.49. The Labute approximate surface area is 130 Å². The van der Waals surface area contributed by atoms with Gasteiger partial charge in [0.25, 0.3) is 0 Å². The van der Waals surface area contributed by atoms with Gasteiger partial charge >= 0.3 is 0 Å². The summed E-state index contributed by atoms with van der Waals surface area (Å²) in [5.41, 5.74) is -0.0448. The third-order valence-electron chi connectivity index (χ3n) is 7.15. The predicted molar refractivity (Wildman–Crippen MR) is 79.1 cm³/mol. The Balaban J connectivity index is 1.67. The minimum Gasteiger partial charge on any atom is -0.393 e. The summed E-state index contributed by atoms with van der Waals surface area (Å²) >= 11 is 0. The molecule has 2 nitrogen and oxygen atoms in total. The molecule has 4 aliphatic carbocycles. The lowest BCUT2D eigenvalue weighted by atomic mass is 9.50. The molecule has 0 aromatic heterocycles. The maximum Gasteiger partial charge on any atom is 0.0600 e. The van der Waals surface area contributed by atoms with Gasteiger partial charge < -0.3 is 10.2 Å². The maximum absolute atomic E-state index is 10.5. The van der Waals surface area contributed by atoms with Gasteiger partial charge in [-0.25, -0.2) is 0 Å². The number of hydrogen-bond donors (Lipinski definition) is 2. The molecular formula is C18H30O2. The molecule has 0 amide bonds. The van der Waals surface area contributed by atoms with Crippen LogP contribution in [0.2, 0.25) is 0 Å². The average molecular weight is 283 g/mol. The summed E-state index contributed by atoms with van der Waals surface area (Å²) in [4.78, 5) is 0. The Bertz CT molecular complexity index is 566. The largest absolute Gasteiger partial charge is 0.393 e. The number of fused-ring (bicyclic) bond motifs is 5. The zero-order valence-electron chi connectivity index (χ0n) is 17.3. The second-order valence-corrected chi connectivity index (χ2v) is 7.79. The molecule has 0 radical (unpaired) electrons. The van der Waals surface area contributed by atoms with Crippen LogP contribution in [0.1, 0.15) is 71.5 Å². The van der Waals surface area contributed by atoms with Crippen molar-refractivity contribution in [3.8, 4) is 0 Å². The van der Waals surface area contributed by atoms with Crippen molar-refractivity contribution in [2.24, 2.45) is 35.0 Å². The van der Waals surface area contributed by atoms with Crippen molar-refractivity contribution < 1.29 is 17.1 Å². The molecule has 0 spiro atoms. The second kappa shape index (κ2) is 4.71. The van der Waals surface area contributed by atoms with Crippen molar-refractivity contribution in [2.75, 3.05) is 0 Å². The second-order valence-electron chi connectivity index (χ2n) is 7.79. The Morgan fingerprint density at radius 3 is 2.70 bits per heavy atom. The van der Waals surface area contributed by atoms with Gasteiger partial charge in [0.15, 0.2) is 0 Å². The molecule has 4 aliphatic rings. The van der Waals surface area contributed by atoms with E-state index in [0.717, 1.165) is 32.1 Å². The minimum atomic E-state index is -2.69. The smallest absolute Gasteiger partial charge is 0.0600 e. The van der Waals surface area contributed by atoms with Crippen molar-refractivity contribution >= 4 is 0 Å². The van der Waals surface area contributed by atoms with E-state index in [4.69, 9.17) is 6.85 Å². The van der Waals surface area contributed by atoms with Crippen LogP contribution in [0, 0.1) is 35.0 Å². The monoisotopic (exact) mass is 283 g/mol. The number of rotatable bonds is 0. The summed E-state index contributed by atoms with van der Waals surface area (Å²) in [7, 11) is 0. The van der Waals surface area contributed by atoms with Gasteiger partial charge in [0.05, 0.1) is 13.6 Å². The summed E-state index contributed by atoms with van der Waals surface area (Å²) in [5.74, 6) is 0.548. The average Bonchev–Trinajstić information content (AvgIpc) is 2.81. The van der Waals surface area contributed by atoms with E-state index < -0.39 is 24.7 Å². The standard InChI is InChI=1S/C18H30O2/c1-18-9-8-14-13-5-3-12(19)10-11(13)2-4-15(14)16(18)6-7-17(18)20/h11-17,19-20H,2-10H2,1H3/t11-,12-,13-,14+,15+,16-,17+,18-/m0/s1/i3D2,10D2,12D. The molecule has 114 valence electrons. The quantitative estimate of drug-likeness (QED) is 0.715. The van der Waals surface area contributed by atoms with Crippen molar-refractivity contribution in [1.82, 2.24) is 0 Å². The molecule has 4 saturated carbocycles. The van der Waals surface area contributed by atoms with E-state index >= 15 is 0 Å². The lowest BCUT2D eigenvalue weighted by molar-refractivity contribution is -0.0913. The fraction of sp³-hybridized carbons (Fsp3) is 1.00. The number of aliphatic hydroxyl groups is 2. The molecule has 20 heavy (non-hydrogen) atoms. The van der Waals surface area contributed by atoms with Gasteiger partial charge in [0, 0.05) is 5.48 Å². The van der Waals surface area contributed by atoms with Gasteiger partial charge in [-0.05, 0) is 92.7 Å². The lowest BCUT2D eigenvalue weighted by Gasteiger charge is -2.55. The molecule has 0 unspecified atom stereocenters. The molecule has 8 atom stereocenters. The van der Waals surface area contributed by atoms with Gasteiger partial charge in [0.2, 0.25) is 0 Å². The molecule has 2 heteroatoms. The Hall–Kier alpha value is -0.0800. The van der Waals surface area contributed by atoms with Crippen molar-refractivity contribution in [3.63, 3.8) is 0 Å². The topological polar surface area (TPSA) is 40.5 Å². The maximum atomic E-state index is 10.5. The van der Waals surface area contributed by atoms with Gasteiger partial charge in [0.1, 0.15) is 0 Å². The highest BCUT2D eigenvalue weighted by Crippen LogP contribution is 2.62. The van der Waals surface area contributed by atoms with Crippen LogP contribution in [0.4, 0.5) is 0 Å². The van der Waals surface area contributed by atoms with E-state index in [1.54, 1.807) is 0 Å². The van der Waals surface area contributed by atoms with E-state index in [1.165, 1.54) is 0 Å². The van der Waals surface area contributed by atoms with Gasteiger partial charge in [-0.3, -0.25) is 0 Å². The van der Waals surface area contributed by atoms with Crippen molar-refractivity contribution in [1.29, 1.82) is 0 Å². The molecule has 0 aromatic rings. The Morgan fingerprint density at radius 1 is 1.00 bits per heavy atom. The highest BCUT2D eigenvalue weighted by Gasteiger charge is 2.56. The zero-order valence-corrected chi connectivity index (χ0v) is 12.3. The van der Waals surface area contributed by atoms with Gasteiger partial charge in [-0.15, -0.1) is 0 Å². The zero-order chi connectivity index (χ0) is 18.4. The molecular weight excluding hydrogens is 248 g/mol. The van der Waals surface area contributed by atoms with Crippen LogP contribution in [0.15, 0.2) is 0 Å². The Morgan fingerprint density at radius 2 is 1.85 bits per heavy atom. The summed E-state index contributed by atoms with van der Waals surface area (Å²) in [6.07, 6.45) is -2.19. The highest BCUT2D eigenvalue weighted by molar-refractivity contribution is 5.06. The highest BCUT2D eigenvalue weighted by atomic mass is 16.3. The summed E-state index contributed by atoms with van der Waals surface area (Å²) < 4.78 is 41.2. The summed E-state index contributed by atoms with van der Waals surface area (Å²) in [5, 5.41) is 20.8. The molecule has 0 aromatic carbocycles. The number of hydrogen-bond acceptors (Lipinski definition) is 2. The summed E-state index contributed by atoms with van der Waals surface area (Å²) in [6, 6.07) is 0. The van der Waals surface area contributed by atoms with Crippen LogP contribution in [0.3, 0.4) is 0 Å². The number of aliphatic hydroxyl groups excluding tert-OH is 1. The van der Waals surface area contributed by atoms with Crippen molar-refractivity contribution in [3.05, 3.63) is 0 Å². The predicted octanol–water partition coefficient (Wildman–Crippen LogP) is 3.36. The van der Waals surface area contributed by atoms with Crippen LogP contribution >= 0.6 is 0 Å². The SMILES string of the molecule is [2H]C1([2H])C[C@@H]2[C@H]3CC[C@]4(C)[C@H](O)CC[C@H]4[C@@H]3CC[C@H]2C([2H])([2H])[C@@]1([2H])O. The third kappa shape index (κ3) is 1.83. The van der Waals surface area contributed by atoms with E-state index in [2.05, 4.69) is 6.92 Å². The van der Waals surface area contributed by atoms with E-state index in [-0.39, 0.29) is 29.8 Å². The first-order valence-electron chi connectivity index (χ1n) is 10.8. The Kier molecular flexibility index (Phi) is 2.15. The minimum absolute atomic E-state index is 0.0448. The first-order valence-corrected chi connectivity index (χ1v) is 8.34. The van der Waals surface area contributed by atoms with Crippen molar-refractivity contribution in [2.45, 2.75) is 76.8 Å². The van der Waals surface area contributed by atoms with E-state index in [9.17, 15) is 10.2 Å². The summed E-state index contributed by atoms with van der Waals surface area (Å²) in [6.45, 7) is 2.19. The fourth-order valence-electron chi connectivity index (χ4n) is 6.03. The molecule has 4 rings (SSSR count). The first-order chi connectivity index (χ1) is 11.4. The fourth-order valence-corrected chi connectivity index (χ4v) is 6.03. The van der Waals surface area contributed by atoms with Gasteiger partial charge in [-0.1, -0.05) is 6.92 Å². The molecule has 0 saturated heterocycles. The van der Waals surface area contributed by atoms with Crippen LogP contribution in [0.5, 0.6) is 0 Å². The van der Waals surface area contributed by atoms with Gasteiger partial charge in [-0.2, -0.15) is 0 Å². The van der Waals surface area contributed by atoms with E-state index in [0.29, 0.717) is 18.3 Å². The molecule has 4 fully saturated rings.